The van der Waals surface area contributed by atoms with Crippen LogP contribution in [-0.2, 0) is 23.3 Å². The van der Waals surface area contributed by atoms with Crippen LogP contribution in [0.2, 0.25) is 0 Å². The average molecular weight is 311 g/mol. The van der Waals surface area contributed by atoms with Gasteiger partial charge in [0.2, 0.25) is 0 Å². The molecule has 1 aliphatic heterocycles. The minimum atomic E-state index is -0.926. The topological polar surface area (TPSA) is 75.4 Å². The third-order valence-electron chi connectivity index (χ3n) is 4.65. The SMILES string of the molecule is Cc1cc(CN2C(=O)N[C@]3(CCCc4ccccc43)C2=O)no1. The van der Waals surface area contributed by atoms with Crippen LogP contribution in [0, 0.1) is 6.92 Å². The van der Waals surface area contributed by atoms with Gasteiger partial charge in [0.1, 0.15) is 17.0 Å². The molecule has 2 heterocycles. The number of rotatable bonds is 2. The number of nitrogens with one attached hydrogen (secondary N) is 1. The van der Waals surface area contributed by atoms with Gasteiger partial charge in [-0.1, -0.05) is 29.4 Å². The van der Waals surface area contributed by atoms with Gasteiger partial charge in [0.25, 0.3) is 5.91 Å². The van der Waals surface area contributed by atoms with Crippen molar-refractivity contribution in [1.29, 1.82) is 0 Å². The standard InChI is InChI=1S/C17H17N3O3/c1-11-9-13(19-23-11)10-20-15(21)17(18-16(20)22)8-4-6-12-5-2-3-7-14(12)17/h2-3,5,7,9H,4,6,8,10H2,1H3,(H,18,22)/t17-/m0/s1. The van der Waals surface area contributed by atoms with E-state index in [9.17, 15) is 9.59 Å². The van der Waals surface area contributed by atoms with E-state index in [0.717, 1.165) is 24.0 Å². The quantitative estimate of drug-likeness (QED) is 0.863. The lowest BCUT2D eigenvalue weighted by Crippen LogP contribution is -2.46. The number of benzene rings is 1. The van der Waals surface area contributed by atoms with Crippen molar-refractivity contribution in [2.24, 2.45) is 0 Å². The molecular weight excluding hydrogens is 294 g/mol. The molecule has 2 aliphatic rings. The highest BCUT2D eigenvalue weighted by Gasteiger charge is 2.53. The first kappa shape index (κ1) is 14.0. The van der Waals surface area contributed by atoms with Gasteiger partial charge < -0.3 is 9.84 Å². The number of imide groups is 1. The van der Waals surface area contributed by atoms with E-state index in [0.29, 0.717) is 17.9 Å². The Labute approximate surface area is 133 Å². The van der Waals surface area contributed by atoms with Crippen LogP contribution in [0.5, 0.6) is 0 Å². The largest absolute Gasteiger partial charge is 0.361 e. The molecule has 0 radical (unpaired) electrons. The van der Waals surface area contributed by atoms with E-state index in [4.69, 9.17) is 4.52 Å². The molecule has 0 bridgehead atoms. The van der Waals surface area contributed by atoms with Crippen LogP contribution in [0.4, 0.5) is 4.79 Å². The molecule has 0 saturated carbocycles. The number of carbonyl (C=O) groups is 2. The van der Waals surface area contributed by atoms with E-state index >= 15 is 0 Å². The Morgan fingerprint density at radius 1 is 1.35 bits per heavy atom. The Hall–Kier alpha value is -2.63. The van der Waals surface area contributed by atoms with Crippen LogP contribution < -0.4 is 5.32 Å². The fourth-order valence-electron chi connectivity index (χ4n) is 3.61. The second-order valence-corrected chi connectivity index (χ2v) is 6.17. The van der Waals surface area contributed by atoms with E-state index in [1.807, 2.05) is 24.3 Å². The lowest BCUT2D eigenvalue weighted by atomic mass is 9.76. The Morgan fingerprint density at radius 2 is 2.17 bits per heavy atom. The third kappa shape index (κ3) is 2.05. The summed E-state index contributed by atoms with van der Waals surface area (Å²) in [5, 5.41) is 6.81. The predicted molar refractivity (Wildman–Crippen MR) is 81.4 cm³/mol. The zero-order valence-corrected chi connectivity index (χ0v) is 12.8. The van der Waals surface area contributed by atoms with Gasteiger partial charge in [0.05, 0.1) is 6.54 Å². The fourth-order valence-corrected chi connectivity index (χ4v) is 3.61. The van der Waals surface area contributed by atoms with Gasteiger partial charge >= 0.3 is 6.03 Å². The van der Waals surface area contributed by atoms with Crippen LogP contribution in [0.15, 0.2) is 34.9 Å². The zero-order chi connectivity index (χ0) is 16.0. The first-order valence-electron chi connectivity index (χ1n) is 7.75. The summed E-state index contributed by atoms with van der Waals surface area (Å²) in [5.74, 6) is 0.458. The molecule has 0 unspecified atom stereocenters. The predicted octanol–water partition coefficient (Wildman–Crippen LogP) is 2.27. The average Bonchev–Trinajstić information content (AvgIpc) is 3.06. The summed E-state index contributed by atoms with van der Waals surface area (Å²) in [6, 6.07) is 9.22. The van der Waals surface area contributed by atoms with E-state index in [1.54, 1.807) is 13.0 Å². The molecule has 1 aliphatic carbocycles. The summed E-state index contributed by atoms with van der Waals surface area (Å²) in [7, 11) is 0. The molecule has 1 aromatic heterocycles. The van der Waals surface area contributed by atoms with Crippen LogP contribution in [0.3, 0.4) is 0 Å². The van der Waals surface area contributed by atoms with Crippen molar-refractivity contribution in [2.45, 2.75) is 38.3 Å². The summed E-state index contributed by atoms with van der Waals surface area (Å²) in [4.78, 5) is 26.7. The van der Waals surface area contributed by atoms with E-state index in [2.05, 4.69) is 10.5 Å². The smallest absolute Gasteiger partial charge is 0.325 e. The molecule has 2 aromatic rings. The Kier molecular flexibility index (Phi) is 3.01. The molecule has 1 fully saturated rings. The maximum Gasteiger partial charge on any atom is 0.325 e. The molecule has 3 amide bonds. The number of amides is 3. The molecule has 1 spiro atoms. The summed E-state index contributed by atoms with van der Waals surface area (Å²) in [5.41, 5.74) is 1.70. The number of hydrogen-bond acceptors (Lipinski definition) is 4. The van der Waals surface area contributed by atoms with Crippen molar-refractivity contribution in [2.75, 3.05) is 0 Å². The summed E-state index contributed by atoms with van der Waals surface area (Å²) in [6.45, 7) is 1.91. The molecule has 118 valence electrons. The minimum Gasteiger partial charge on any atom is -0.361 e. The number of urea groups is 1. The van der Waals surface area contributed by atoms with Gasteiger partial charge in [-0.15, -0.1) is 0 Å². The van der Waals surface area contributed by atoms with Crippen molar-refractivity contribution in [3.8, 4) is 0 Å². The molecule has 4 rings (SSSR count). The Morgan fingerprint density at radius 3 is 2.96 bits per heavy atom. The van der Waals surface area contributed by atoms with Gasteiger partial charge in [-0.25, -0.2) is 4.79 Å². The summed E-state index contributed by atoms with van der Waals surface area (Å²) >= 11 is 0. The highest BCUT2D eigenvalue weighted by Crippen LogP contribution is 2.40. The van der Waals surface area contributed by atoms with Gasteiger partial charge in [-0.3, -0.25) is 9.69 Å². The number of hydrogen-bond donors (Lipinski definition) is 1. The van der Waals surface area contributed by atoms with Gasteiger partial charge in [-0.05, 0) is 37.3 Å². The lowest BCUT2D eigenvalue weighted by Gasteiger charge is -2.33. The van der Waals surface area contributed by atoms with E-state index in [-0.39, 0.29) is 18.5 Å². The van der Waals surface area contributed by atoms with Crippen molar-refractivity contribution >= 4 is 11.9 Å². The maximum absolute atomic E-state index is 13.1. The first-order valence-corrected chi connectivity index (χ1v) is 7.75. The normalized spacial score (nSPS) is 23.3. The Bertz CT molecular complexity index is 798. The highest BCUT2D eigenvalue weighted by molar-refractivity contribution is 6.07. The summed E-state index contributed by atoms with van der Waals surface area (Å²) < 4.78 is 5.02. The minimum absolute atomic E-state index is 0.131. The van der Waals surface area contributed by atoms with Crippen molar-refractivity contribution < 1.29 is 14.1 Å². The van der Waals surface area contributed by atoms with Crippen molar-refractivity contribution in [3.63, 3.8) is 0 Å². The number of aromatic nitrogens is 1. The molecule has 1 saturated heterocycles. The molecule has 1 N–H and O–H groups in total. The van der Waals surface area contributed by atoms with Gasteiger partial charge in [0, 0.05) is 6.07 Å². The van der Waals surface area contributed by atoms with Crippen LogP contribution in [0.25, 0.3) is 0 Å². The van der Waals surface area contributed by atoms with Gasteiger partial charge in [0.15, 0.2) is 0 Å². The second-order valence-electron chi connectivity index (χ2n) is 6.17. The molecule has 23 heavy (non-hydrogen) atoms. The lowest BCUT2D eigenvalue weighted by molar-refractivity contribution is -0.132. The van der Waals surface area contributed by atoms with Crippen LogP contribution >= 0.6 is 0 Å². The monoisotopic (exact) mass is 311 g/mol. The van der Waals surface area contributed by atoms with Crippen molar-refractivity contribution in [1.82, 2.24) is 15.4 Å². The number of aryl methyl sites for hydroxylation is 2. The molecular formula is C17H17N3O3. The molecule has 1 atom stereocenters. The second kappa shape index (κ2) is 4.94. The third-order valence-corrected chi connectivity index (χ3v) is 4.65. The number of carbonyl (C=O) groups excluding carboxylic acids is 2. The van der Waals surface area contributed by atoms with Crippen molar-refractivity contribution in [3.05, 3.63) is 52.9 Å². The van der Waals surface area contributed by atoms with Crippen LogP contribution in [0.1, 0.15) is 35.4 Å². The highest BCUT2D eigenvalue weighted by atomic mass is 16.5. The first-order chi connectivity index (χ1) is 11.1. The van der Waals surface area contributed by atoms with Crippen LogP contribution in [-0.4, -0.2) is 22.0 Å². The molecule has 6 heteroatoms. The molecule has 6 nitrogen and oxygen atoms in total. The maximum atomic E-state index is 13.1. The number of fused-ring (bicyclic) bond motifs is 2. The number of nitrogens with zero attached hydrogens (tertiary/aromatic N) is 2. The summed E-state index contributed by atoms with van der Waals surface area (Å²) in [6.07, 6.45) is 2.44. The van der Waals surface area contributed by atoms with E-state index < -0.39 is 5.54 Å². The Balaban J connectivity index is 1.70. The zero-order valence-electron chi connectivity index (χ0n) is 12.8. The molecule has 1 aromatic carbocycles. The fraction of sp³-hybridized carbons (Fsp3) is 0.353. The van der Waals surface area contributed by atoms with E-state index in [1.165, 1.54) is 4.90 Å². The van der Waals surface area contributed by atoms with Gasteiger partial charge in [-0.2, -0.15) is 0 Å².